The van der Waals surface area contributed by atoms with Crippen molar-refractivity contribution in [2.45, 2.75) is 6.54 Å². The number of aromatic nitrogens is 1. The van der Waals surface area contributed by atoms with E-state index in [9.17, 15) is 9.90 Å². The van der Waals surface area contributed by atoms with Crippen LogP contribution in [0.25, 0.3) is 10.9 Å². The fourth-order valence-electron chi connectivity index (χ4n) is 2.53. The molecule has 5 heteroatoms. The number of phenolic OH excluding ortho intramolecular Hbond substituents is 1. The third-order valence-electron chi connectivity index (χ3n) is 3.55. The van der Waals surface area contributed by atoms with Gasteiger partial charge in [-0.25, -0.2) is 4.79 Å². The van der Waals surface area contributed by atoms with E-state index >= 15 is 0 Å². The van der Waals surface area contributed by atoms with Gasteiger partial charge in [-0.2, -0.15) is 0 Å². The number of carbonyl (C=O) groups excluding carboxylic acids is 1. The highest BCUT2D eigenvalue weighted by Crippen LogP contribution is 2.29. The van der Waals surface area contributed by atoms with Gasteiger partial charge in [-0.05, 0) is 35.9 Å². The molecule has 0 atom stereocenters. The second kappa shape index (κ2) is 5.73. The van der Waals surface area contributed by atoms with Crippen molar-refractivity contribution in [1.29, 1.82) is 0 Å². The van der Waals surface area contributed by atoms with E-state index in [1.54, 1.807) is 24.3 Å². The number of fused-ring (bicyclic) bond motifs is 1. The van der Waals surface area contributed by atoms with Crippen molar-refractivity contribution in [3.63, 3.8) is 0 Å². The highest BCUT2D eigenvalue weighted by molar-refractivity contribution is 6.30. The van der Waals surface area contributed by atoms with E-state index in [0.29, 0.717) is 22.6 Å². The van der Waals surface area contributed by atoms with Gasteiger partial charge in [-0.1, -0.05) is 29.8 Å². The molecule has 0 bridgehead atoms. The number of phenols is 1. The van der Waals surface area contributed by atoms with Crippen LogP contribution in [0, 0.1) is 0 Å². The van der Waals surface area contributed by atoms with Gasteiger partial charge in [-0.15, -0.1) is 0 Å². The SMILES string of the molecule is COC(=O)c1cc2c(O)cccc2n1Cc1cccc(Cl)c1. The Morgan fingerprint density at radius 3 is 2.73 bits per heavy atom. The van der Waals surface area contributed by atoms with Crippen LogP contribution < -0.4 is 0 Å². The number of ether oxygens (including phenoxy) is 1. The first kappa shape index (κ1) is 14.5. The van der Waals surface area contributed by atoms with Crippen molar-refractivity contribution >= 4 is 28.5 Å². The minimum atomic E-state index is -0.447. The average Bonchev–Trinajstić information content (AvgIpc) is 2.87. The number of aromatic hydroxyl groups is 1. The Kier molecular flexibility index (Phi) is 3.77. The summed E-state index contributed by atoms with van der Waals surface area (Å²) in [6.07, 6.45) is 0. The number of rotatable bonds is 3. The minimum Gasteiger partial charge on any atom is -0.507 e. The molecular formula is C17H14ClNO3. The number of hydrogen-bond acceptors (Lipinski definition) is 3. The zero-order valence-electron chi connectivity index (χ0n) is 11.9. The van der Waals surface area contributed by atoms with E-state index in [0.717, 1.165) is 11.1 Å². The highest BCUT2D eigenvalue weighted by Gasteiger charge is 2.18. The zero-order valence-corrected chi connectivity index (χ0v) is 12.7. The molecule has 22 heavy (non-hydrogen) atoms. The van der Waals surface area contributed by atoms with E-state index in [1.807, 2.05) is 28.8 Å². The van der Waals surface area contributed by atoms with Crippen LogP contribution in [-0.2, 0) is 11.3 Å². The lowest BCUT2D eigenvalue weighted by Gasteiger charge is -2.10. The maximum absolute atomic E-state index is 12.0. The summed E-state index contributed by atoms with van der Waals surface area (Å²) in [7, 11) is 1.34. The van der Waals surface area contributed by atoms with Gasteiger partial charge in [0, 0.05) is 17.0 Å². The third kappa shape index (κ3) is 2.53. The summed E-state index contributed by atoms with van der Waals surface area (Å²) in [5.41, 5.74) is 2.11. The molecule has 0 fully saturated rings. The van der Waals surface area contributed by atoms with Crippen molar-refractivity contribution in [1.82, 2.24) is 4.57 Å². The van der Waals surface area contributed by atoms with Crippen LogP contribution in [0.15, 0.2) is 48.5 Å². The number of benzene rings is 2. The van der Waals surface area contributed by atoms with Gasteiger partial charge >= 0.3 is 5.97 Å². The Balaban J connectivity index is 2.17. The van der Waals surface area contributed by atoms with Gasteiger partial charge in [0.05, 0.1) is 12.6 Å². The molecule has 0 aliphatic carbocycles. The van der Waals surface area contributed by atoms with E-state index < -0.39 is 5.97 Å². The Morgan fingerprint density at radius 2 is 2.00 bits per heavy atom. The standard InChI is InChI=1S/C17H14ClNO3/c1-22-17(21)15-9-13-14(6-3-7-16(13)20)19(15)10-11-4-2-5-12(18)8-11/h2-9,20H,10H2,1H3. The van der Waals surface area contributed by atoms with Gasteiger partial charge in [0.25, 0.3) is 0 Å². The summed E-state index contributed by atoms with van der Waals surface area (Å²) in [6, 6.07) is 14.3. The lowest BCUT2D eigenvalue weighted by molar-refractivity contribution is 0.0589. The molecule has 3 rings (SSSR count). The molecule has 0 saturated heterocycles. The molecule has 112 valence electrons. The molecule has 4 nitrogen and oxygen atoms in total. The summed E-state index contributed by atoms with van der Waals surface area (Å²) in [4.78, 5) is 12.0. The molecule has 3 aromatic rings. The number of esters is 1. The summed E-state index contributed by atoms with van der Waals surface area (Å²) >= 11 is 6.02. The predicted molar refractivity (Wildman–Crippen MR) is 85.5 cm³/mol. The molecule has 0 amide bonds. The monoisotopic (exact) mass is 315 g/mol. The van der Waals surface area contributed by atoms with Crippen LogP contribution in [-0.4, -0.2) is 22.8 Å². The molecule has 1 aromatic heterocycles. The Morgan fingerprint density at radius 1 is 1.23 bits per heavy atom. The van der Waals surface area contributed by atoms with Crippen LogP contribution in [0.5, 0.6) is 5.75 Å². The van der Waals surface area contributed by atoms with Crippen LogP contribution in [0.1, 0.15) is 16.1 Å². The second-order valence-corrected chi connectivity index (χ2v) is 5.38. The molecule has 0 unspecified atom stereocenters. The van der Waals surface area contributed by atoms with Crippen LogP contribution in [0.3, 0.4) is 0 Å². The van der Waals surface area contributed by atoms with Gasteiger partial charge in [0.1, 0.15) is 11.4 Å². The van der Waals surface area contributed by atoms with Gasteiger partial charge in [-0.3, -0.25) is 0 Å². The lowest BCUT2D eigenvalue weighted by atomic mass is 10.2. The average molecular weight is 316 g/mol. The van der Waals surface area contributed by atoms with Crippen molar-refractivity contribution in [3.8, 4) is 5.75 Å². The highest BCUT2D eigenvalue weighted by atomic mass is 35.5. The number of hydrogen-bond donors (Lipinski definition) is 1. The predicted octanol–water partition coefficient (Wildman–Crippen LogP) is 3.84. The first-order chi connectivity index (χ1) is 10.6. The third-order valence-corrected chi connectivity index (χ3v) is 3.78. The molecule has 1 heterocycles. The lowest BCUT2D eigenvalue weighted by Crippen LogP contribution is -2.11. The van der Waals surface area contributed by atoms with E-state index in [1.165, 1.54) is 7.11 Å². The van der Waals surface area contributed by atoms with E-state index in [4.69, 9.17) is 16.3 Å². The fourth-order valence-corrected chi connectivity index (χ4v) is 2.74. The number of methoxy groups -OCH3 is 1. The quantitative estimate of drug-likeness (QED) is 0.747. The van der Waals surface area contributed by atoms with Gasteiger partial charge < -0.3 is 14.4 Å². The molecule has 1 N–H and O–H groups in total. The molecular weight excluding hydrogens is 302 g/mol. The number of halogens is 1. The van der Waals surface area contributed by atoms with E-state index in [-0.39, 0.29) is 5.75 Å². The van der Waals surface area contributed by atoms with Gasteiger partial charge in [0.15, 0.2) is 0 Å². The molecule has 0 aliphatic rings. The molecule has 0 saturated carbocycles. The van der Waals surface area contributed by atoms with Gasteiger partial charge in [0.2, 0.25) is 0 Å². The van der Waals surface area contributed by atoms with E-state index in [2.05, 4.69) is 0 Å². The molecule has 0 spiro atoms. The first-order valence-corrected chi connectivity index (χ1v) is 7.12. The Labute approximate surface area is 132 Å². The van der Waals surface area contributed by atoms with Crippen molar-refractivity contribution in [2.75, 3.05) is 7.11 Å². The zero-order chi connectivity index (χ0) is 15.7. The number of carbonyl (C=O) groups is 1. The summed E-state index contributed by atoms with van der Waals surface area (Å²) in [5, 5.41) is 11.2. The van der Waals surface area contributed by atoms with Crippen molar-refractivity contribution < 1.29 is 14.6 Å². The van der Waals surface area contributed by atoms with Crippen molar-refractivity contribution in [3.05, 3.63) is 64.8 Å². The smallest absolute Gasteiger partial charge is 0.354 e. The topological polar surface area (TPSA) is 51.5 Å². The Bertz CT molecular complexity index is 854. The fraction of sp³-hybridized carbons (Fsp3) is 0.118. The molecule has 0 radical (unpaired) electrons. The second-order valence-electron chi connectivity index (χ2n) is 4.95. The molecule has 2 aromatic carbocycles. The summed E-state index contributed by atoms with van der Waals surface area (Å²) in [5.74, 6) is -0.315. The Hall–Kier alpha value is -2.46. The number of nitrogens with zero attached hydrogens (tertiary/aromatic N) is 1. The van der Waals surface area contributed by atoms with Crippen LogP contribution in [0.4, 0.5) is 0 Å². The van der Waals surface area contributed by atoms with Crippen LogP contribution >= 0.6 is 11.6 Å². The normalized spacial score (nSPS) is 10.8. The maximum atomic E-state index is 12.0. The summed E-state index contributed by atoms with van der Waals surface area (Å²) < 4.78 is 6.65. The molecule has 0 aliphatic heterocycles. The minimum absolute atomic E-state index is 0.132. The largest absolute Gasteiger partial charge is 0.507 e. The first-order valence-electron chi connectivity index (χ1n) is 6.74. The van der Waals surface area contributed by atoms with Crippen LogP contribution in [0.2, 0.25) is 5.02 Å². The maximum Gasteiger partial charge on any atom is 0.354 e. The van der Waals surface area contributed by atoms with Crippen molar-refractivity contribution in [2.24, 2.45) is 0 Å². The summed E-state index contributed by atoms with van der Waals surface area (Å²) in [6.45, 7) is 0.456.